The van der Waals surface area contributed by atoms with Gasteiger partial charge >= 0.3 is 0 Å². The van der Waals surface area contributed by atoms with Gasteiger partial charge in [-0.3, -0.25) is 0 Å². The monoisotopic (exact) mass is 241 g/mol. The molecule has 0 aromatic heterocycles. The maximum absolute atomic E-state index is 12.6. The predicted molar refractivity (Wildman–Crippen MR) is 57.9 cm³/mol. The highest BCUT2D eigenvalue weighted by molar-refractivity contribution is 7.91. The van der Waals surface area contributed by atoms with Gasteiger partial charge in [0.2, 0.25) is 0 Å². The fourth-order valence-corrected chi connectivity index (χ4v) is 2.63. The maximum atomic E-state index is 12.6. The van der Waals surface area contributed by atoms with Crippen molar-refractivity contribution in [1.29, 1.82) is 5.26 Å². The van der Waals surface area contributed by atoms with E-state index in [9.17, 15) is 12.8 Å². The van der Waals surface area contributed by atoms with E-state index in [2.05, 4.69) is 0 Å². The zero-order valence-corrected chi connectivity index (χ0v) is 9.50. The highest BCUT2D eigenvalue weighted by Crippen LogP contribution is 2.13. The number of benzene rings is 1. The molecular weight excluding hydrogens is 229 g/mol. The lowest BCUT2D eigenvalue weighted by Gasteiger charge is -2.03. The first-order valence-corrected chi connectivity index (χ1v) is 6.57. The van der Waals surface area contributed by atoms with E-state index < -0.39 is 15.7 Å². The Morgan fingerprint density at radius 2 is 1.81 bits per heavy atom. The average Bonchev–Trinajstić information content (AvgIpc) is 2.25. The van der Waals surface area contributed by atoms with Gasteiger partial charge in [-0.05, 0) is 37.1 Å². The predicted octanol–water partition coefficient (Wildman–Crippen LogP) is 2.29. The molecule has 0 unspecified atom stereocenters. The summed E-state index contributed by atoms with van der Waals surface area (Å²) in [5.74, 6) is -0.455. The molecule has 0 atom stereocenters. The van der Waals surface area contributed by atoms with E-state index in [4.69, 9.17) is 5.26 Å². The molecule has 5 heteroatoms. The molecular formula is C11H12FNO2S. The molecule has 0 N–H and O–H groups in total. The highest BCUT2D eigenvalue weighted by atomic mass is 32.2. The first-order chi connectivity index (χ1) is 7.56. The van der Waals surface area contributed by atoms with Crippen molar-refractivity contribution in [3.8, 4) is 6.07 Å². The maximum Gasteiger partial charge on any atom is 0.178 e. The largest absolute Gasteiger partial charge is 0.224 e. The van der Waals surface area contributed by atoms with Crippen molar-refractivity contribution in [2.45, 2.75) is 24.2 Å². The van der Waals surface area contributed by atoms with Gasteiger partial charge in [0.1, 0.15) is 5.82 Å². The second-order valence-electron chi connectivity index (χ2n) is 3.39. The van der Waals surface area contributed by atoms with Crippen LogP contribution in [0.3, 0.4) is 0 Å². The molecule has 0 aliphatic rings. The van der Waals surface area contributed by atoms with Crippen LogP contribution in [-0.4, -0.2) is 14.2 Å². The molecule has 1 rings (SSSR count). The zero-order chi connectivity index (χ0) is 12.0. The van der Waals surface area contributed by atoms with Gasteiger partial charge < -0.3 is 0 Å². The Balaban J connectivity index is 2.64. The Morgan fingerprint density at radius 1 is 1.19 bits per heavy atom. The molecule has 0 saturated carbocycles. The van der Waals surface area contributed by atoms with Crippen molar-refractivity contribution in [3.05, 3.63) is 30.1 Å². The Labute approximate surface area is 94.4 Å². The van der Waals surface area contributed by atoms with Crippen molar-refractivity contribution in [3.63, 3.8) is 0 Å². The third-order valence-electron chi connectivity index (χ3n) is 2.12. The molecule has 0 bridgehead atoms. The standard InChI is InChI=1S/C11H12FNO2S/c12-10-4-6-11(7-5-10)16(14,15)9-3-1-2-8-13/h4-7H,1-3,9H2. The van der Waals surface area contributed by atoms with Crippen LogP contribution in [0.5, 0.6) is 0 Å². The minimum Gasteiger partial charge on any atom is -0.224 e. The van der Waals surface area contributed by atoms with E-state index in [1.54, 1.807) is 0 Å². The summed E-state index contributed by atoms with van der Waals surface area (Å²) < 4.78 is 36.0. The van der Waals surface area contributed by atoms with Crippen LogP contribution >= 0.6 is 0 Å². The summed E-state index contributed by atoms with van der Waals surface area (Å²) in [7, 11) is -3.33. The molecule has 0 aliphatic heterocycles. The van der Waals surface area contributed by atoms with E-state index >= 15 is 0 Å². The summed E-state index contributed by atoms with van der Waals surface area (Å²) in [6, 6.07) is 6.73. The lowest BCUT2D eigenvalue weighted by molar-refractivity contribution is 0.590. The van der Waals surface area contributed by atoms with Gasteiger partial charge in [0, 0.05) is 6.42 Å². The molecule has 16 heavy (non-hydrogen) atoms. The lowest BCUT2D eigenvalue weighted by atomic mass is 10.3. The fraction of sp³-hybridized carbons (Fsp3) is 0.364. The first-order valence-electron chi connectivity index (χ1n) is 4.91. The Hall–Kier alpha value is -1.41. The van der Waals surface area contributed by atoms with Crippen molar-refractivity contribution in [1.82, 2.24) is 0 Å². The third kappa shape index (κ3) is 3.63. The zero-order valence-electron chi connectivity index (χ0n) is 8.69. The molecule has 0 fully saturated rings. The van der Waals surface area contributed by atoms with Gasteiger partial charge in [0.25, 0.3) is 0 Å². The van der Waals surface area contributed by atoms with Crippen LogP contribution in [-0.2, 0) is 9.84 Å². The number of nitriles is 1. The summed E-state index contributed by atoms with van der Waals surface area (Å²) in [5, 5.41) is 8.30. The molecule has 1 aromatic carbocycles. The van der Waals surface area contributed by atoms with Gasteiger partial charge in [0.15, 0.2) is 9.84 Å². The Bertz CT molecular complexity index is 474. The van der Waals surface area contributed by atoms with Gasteiger partial charge in [-0.2, -0.15) is 5.26 Å². The van der Waals surface area contributed by atoms with Crippen LogP contribution in [0.25, 0.3) is 0 Å². The van der Waals surface area contributed by atoms with Crippen molar-refractivity contribution < 1.29 is 12.8 Å². The molecule has 0 heterocycles. The van der Waals surface area contributed by atoms with E-state index in [0.717, 1.165) is 12.1 Å². The molecule has 0 radical (unpaired) electrons. The number of rotatable bonds is 5. The minimum atomic E-state index is -3.33. The molecule has 86 valence electrons. The van der Waals surface area contributed by atoms with Gasteiger partial charge in [-0.25, -0.2) is 12.8 Å². The van der Waals surface area contributed by atoms with E-state index in [1.165, 1.54) is 12.1 Å². The SMILES string of the molecule is N#CCCCCS(=O)(=O)c1ccc(F)cc1. The van der Waals surface area contributed by atoms with Crippen LogP contribution in [0.1, 0.15) is 19.3 Å². The molecule has 0 spiro atoms. The number of sulfone groups is 1. The van der Waals surface area contributed by atoms with Crippen LogP contribution in [0.15, 0.2) is 29.2 Å². The van der Waals surface area contributed by atoms with E-state index in [-0.39, 0.29) is 10.6 Å². The lowest BCUT2D eigenvalue weighted by Crippen LogP contribution is -2.06. The molecule has 1 aromatic rings. The third-order valence-corrected chi connectivity index (χ3v) is 3.94. The quantitative estimate of drug-likeness (QED) is 0.587. The van der Waals surface area contributed by atoms with Crippen molar-refractivity contribution in [2.24, 2.45) is 0 Å². The summed E-state index contributed by atoms with van der Waals surface area (Å²) in [6.07, 6.45) is 1.38. The van der Waals surface area contributed by atoms with Crippen LogP contribution in [0.2, 0.25) is 0 Å². The summed E-state index contributed by atoms with van der Waals surface area (Å²) in [6.45, 7) is 0. The number of nitrogens with zero attached hydrogens (tertiary/aromatic N) is 1. The summed E-state index contributed by atoms with van der Waals surface area (Å²) in [5.41, 5.74) is 0. The van der Waals surface area contributed by atoms with Crippen LogP contribution < -0.4 is 0 Å². The van der Waals surface area contributed by atoms with Crippen molar-refractivity contribution >= 4 is 9.84 Å². The van der Waals surface area contributed by atoms with Crippen LogP contribution in [0.4, 0.5) is 4.39 Å². The second-order valence-corrected chi connectivity index (χ2v) is 5.50. The van der Waals surface area contributed by atoms with Gasteiger partial charge in [-0.15, -0.1) is 0 Å². The topological polar surface area (TPSA) is 57.9 Å². The Morgan fingerprint density at radius 3 is 2.38 bits per heavy atom. The fourth-order valence-electron chi connectivity index (χ4n) is 1.26. The first kappa shape index (κ1) is 12.7. The van der Waals surface area contributed by atoms with Crippen LogP contribution in [0, 0.1) is 17.1 Å². The molecule has 0 aliphatic carbocycles. The average molecular weight is 241 g/mol. The number of hydrogen-bond donors (Lipinski definition) is 0. The summed E-state index contributed by atoms with van der Waals surface area (Å²) in [4.78, 5) is 0.130. The van der Waals surface area contributed by atoms with Crippen molar-refractivity contribution in [2.75, 3.05) is 5.75 Å². The summed E-state index contributed by atoms with van der Waals surface area (Å²) >= 11 is 0. The highest BCUT2D eigenvalue weighted by Gasteiger charge is 2.13. The molecule has 0 saturated heterocycles. The number of hydrogen-bond acceptors (Lipinski definition) is 3. The number of halogens is 1. The van der Waals surface area contributed by atoms with Gasteiger partial charge in [-0.1, -0.05) is 0 Å². The van der Waals surface area contributed by atoms with E-state index in [1.807, 2.05) is 6.07 Å². The minimum absolute atomic E-state index is 0.000310. The molecule has 3 nitrogen and oxygen atoms in total. The smallest absolute Gasteiger partial charge is 0.178 e. The Kier molecular flexibility index (Phi) is 4.44. The second kappa shape index (κ2) is 5.61. The molecule has 0 amide bonds. The van der Waals surface area contributed by atoms with E-state index in [0.29, 0.717) is 19.3 Å². The van der Waals surface area contributed by atoms with Gasteiger partial charge in [0.05, 0.1) is 16.7 Å². The normalized spacial score (nSPS) is 11.0. The number of unbranched alkanes of at least 4 members (excludes halogenated alkanes) is 2.